The average molecular weight is 335 g/mol. The molecule has 2 atom stereocenters. The number of halogens is 2. The Bertz CT molecular complexity index is 397. The van der Waals surface area contributed by atoms with Crippen molar-refractivity contribution in [2.75, 3.05) is 13.2 Å². The largest absolute Gasteiger partial charge is 0.463 e. The Labute approximate surface area is 119 Å². The molecule has 0 heterocycles. The fraction of sp³-hybridized carbons (Fsp3) is 0.462. The Morgan fingerprint density at radius 2 is 2.11 bits per heavy atom. The maximum atomic E-state index is 13.9. The van der Waals surface area contributed by atoms with Crippen molar-refractivity contribution in [1.29, 1.82) is 0 Å². The minimum Gasteiger partial charge on any atom is -0.463 e. The number of ether oxygens (including phenoxy) is 2. The Morgan fingerprint density at radius 1 is 1.47 bits per heavy atom. The Hall–Kier alpha value is -0.980. The molecule has 19 heavy (non-hydrogen) atoms. The molecular weight excluding hydrogens is 319 g/mol. The third-order valence-electron chi connectivity index (χ3n) is 2.35. The third kappa shape index (κ3) is 4.89. The van der Waals surface area contributed by atoms with Gasteiger partial charge in [0.2, 0.25) is 0 Å². The highest BCUT2D eigenvalue weighted by Gasteiger charge is 2.45. The van der Waals surface area contributed by atoms with Crippen molar-refractivity contribution < 1.29 is 23.8 Å². The van der Waals surface area contributed by atoms with Crippen molar-refractivity contribution in [2.45, 2.75) is 24.2 Å². The van der Waals surface area contributed by atoms with Crippen LogP contribution in [0.1, 0.15) is 12.5 Å². The fourth-order valence-electron chi connectivity index (χ4n) is 1.33. The molecule has 0 aliphatic rings. The minimum atomic E-state index is -2.65. The van der Waals surface area contributed by atoms with E-state index in [1.165, 1.54) is 0 Å². The summed E-state index contributed by atoms with van der Waals surface area (Å²) < 4.78 is 20.9. The predicted molar refractivity (Wildman–Crippen MR) is 71.5 cm³/mol. The van der Waals surface area contributed by atoms with Gasteiger partial charge in [-0.3, -0.25) is 0 Å². The predicted octanol–water partition coefficient (Wildman–Crippen LogP) is 2.19. The second-order valence-electron chi connectivity index (χ2n) is 3.86. The van der Waals surface area contributed by atoms with Crippen LogP contribution in [0.5, 0.6) is 0 Å². The van der Waals surface area contributed by atoms with Gasteiger partial charge in [0.15, 0.2) is 0 Å². The first-order chi connectivity index (χ1) is 8.98. The number of esters is 1. The lowest BCUT2D eigenvalue weighted by Crippen LogP contribution is -2.43. The van der Waals surface area contributed by atoms with Gasteiger partial charge < -0.3 is 14.6 Å². The zero-order valence-electron chi connectivity index (χ0n) is 10.5. The van der Waals surface area contributed by atoms with Crippen LogP contribution in [0.4, 0.5) is 4.39 Å². The molecular formula is C13H16BrFO4. The van der Waals surface area contributed by atoms with Gasteiger partial charge in [-0.1, -0.05) is 30.3 Å². The van der Waals surface area contributed by atoms with E-state index in [2.05, 4.69) is 20.7 Å². The summed E-state index contributed by atoms with van der Waals surface area (Å²) in [4.78, 5) is 11.3. The van der Waals surface area contributed by atoms with Gasteiger partial charge in [0, 0.05) is 0 Å². The molecule has 0 radical (unpaired) electrons. The van der Waals surface area contributed by atoms with Gasteiger partial charge in [-0.15, -0.1) is 0 Å². The number of rotatable bonds is 7. The summed E-state index contributed by atoms with van der Waals surface area (Å²) in [6.07, 6.45) is -1.64. The first-order valence-corrected chi connectivity index (χ1v) is 6.62. The van der Waals surface area contributed by atoms with E-state index in [0.29, 0.717) is 0 Å². The van der Waals surface area contributed by atoms with Crippen molar-refractivity contribution >= 4 is 21.9 Å². The molecule has 0 spiro atoms. The second-order valence-corrected chi connectivity index (χ2v) is 5.01. The van der Waals surface area contributed by atoms with E-state index in [1.807, 2.05) is 30.3 Å². The summed E-state index contributed by atoms with van der Waals surface area (Å²) in [6.45, 7) is 1.49. The first kappa shape index (κ1) is 16.1. The Balaban J connectivity index is 2.42. The highest BCUT2D eigenvalue weighted by molar-refractivity contribution is 9.10. The van der Waals surface area contributed by atoms with E-state index < -0.39 is 16.7 Å². The molecule has 1 N–H and O–H groups in total. The van der Waals surface area contributed by atoms with E-state index in [-0.39, 0.29) is 19.8 Å². The lowest BCUT2D eigenvalue weighted by atomic mass is 10.2. The van der Waals surface area contributed by atoms with E-state index in [4.69, 9.17) is 4.74 Å². The van der Waals surface area contributed by atoms with Gasteiger partial charge in [0.25, 0.3) is 4.58 Å². The molecule has 1 aromatic carbocycles. The molecule has 4 nitrogen and oxygen atoms in total. The molecule has 0 aromatic heterocycles. The number of alkyl halides is 2. The van der Waals surface area contributed by atoms with Gasteiger partial charge >= 0.3 is 5.97 Å². The topological polar surface area (TPSA) is 55.8 Å². The van der Waals surface area contributed by atoms with Crippen molar-refractivity contribution in [3.8, 4) is 0 Å². The van der Waals surface area contributed by atoms with Crippen LogP contribution in [0.25, 0.3) is 0 Å². The quantitative estimate of drug-likeness (QED) is 0.613. The second kappa shape index (κ2) is 7.57. The molecule has 0 saturated heterocycles. The van der Waals surface area contributed by atoms with Crippen LogP contribution in [0, 0.1) is 0 Å². The monoisotopic (exact) mass is 334 g/mol. The average Bonchev–Trinajstić information content (AvgIpc) is 2.40. The summed E-state index contributed by atoms with van der Waals surface area (Å²) in [6, 6.07) is 9.24. The number of aliphatic hydroxyl groups excluding tert-OH is 1. The number of carbonyl (C=O) groups excluding carboxylic acids is 1. The number of aliphatic hydroxyl groups is 1. The van der Waals surface area contributed by atoms with Crippen LogP contribution in [-0.4, -0.2) is 35.0 Å². The van der Waals surface area contributed by atoms with Gasteiger partial charge in [-0.25, -0.2) is 9.18 Å². The van der Waals surface area contributed by atoms with E-state index in [0.717, 1.165) is 5.56 Å². The highest BCUT2D eigenvalue weighted by atomic mass is 79.9. The van der Waals surface area contributed by atoms with Crippen LogP contribution >= 0.6 is 15.9 Å². The molecule has 1 rings (SSSR count). The smallest absolute Gasteiger partial charge is 0.358 e. The Kier molecular flexibility index (Phi) is 6.41. The van der Waals surface area contributed by atoms with Gasteiger partial charge in [-0.2, -0.15) is 0 Å². The maximum Gasteiger partial charge on any atom is 0.358 e. The minimum absolute atomic E-state index is 0.0354. The van der Waals surface area contributed by atoms with Crippen molar-refractivity contribution in [3.05, 3.63) is 35.9 Å². The molecule has 0 unspecified atom stereocenters. The summed E-state index contributed by atoms with van der Waals surface area (Å²) in [5.41, 5.74) is 0.893. The zero-order chi connectivity index (χ0) is 14.3. The number of benzene rings is 1. The van der Waals surface area contributed by atoms with Gasteiger partial charge in [0.05, 0.1) is 19.8 Å². The highest BCUT2D eigenvalue weighted by Crippen LogP contribution is 2.27. The lowest BCUT2D eigenvalue weighted by Gasteiger charge is -2.22. The normalized spacial score (nSPS) is 15.6. The third-order valence-corrected chi connectivity index (χ3v) is 3.21. The summed E-state index contributed by atoms with van der Waals surface area (Å²) >= 11 is 2.53. The SMILES string of the molecule is CCOC(=O)[C@@](F)(Br)[C@H](O)COCc1ccccc1. The molecule has 0 amide bonds. The van der Waals surface area contributed by atoms with E-state index in [9.17, 15) is 14.3 Å². The van der Waals surface area contributed by atoms with Crippen LogP contribution in [0.15, 0.2) is 30.3 Å². The summed E-state index contributed by atoms with van der Waals surface area (Å²) in [5.74, 6) is -1.16. The maximum absolute atomic E-state index is 13.9. The standard InChI is InChI=1S/C13H16BrFO4/c1-2-19-12(17)13(14,15)11(16)9-18-8-10-6-4-3-5-7-10/h3-7,11,16H,2,8-9H2,1H3/t11-,13-/m1/s1. The molecule has 0 fully saturated rings. The summed E-state index contributed by atoms with van der Waals surface area (Å²) in [7, 11) is 0. The molecule has 106 valence electrons. The number of hydrogen-bond donors (Lipinski definition) is 1. The molecule has 6 heteroatoms. The van der Waals surface area contributed by atoms with Gasteiger partial charge in [-0.05, 0) is 28.4 Å². The van der Waals surface area contributed by atoms with Crippen molar-refractivity contribution in [1.82, 2.24) is 0 Å². The first-order valence-electron chi connectivity index (χ1n) is 5.83. The van der Waals surface area contributed by atoms with Crippen molar-refractivity contribution in [3.63, 3.8) is 0 Å². The Morgan fingerprint density at radius 3 is 2.68 bits per heavy atom. The fourth-order valence-corrected chi connectivity index (χ4v) is 1.58. The molecule has 0 aliphatic carbocycles. The summed E-state index contributed by atoms with van der Waals surface area (Å²) in [5, 5.41) is 9.60. The van der Waals surface area contributed by atoms with E-state index >= 15 is 0 Å². The molecule has 0 bridgehead atoms. The lowest BCUT2D eigenvalue weighted by molar-refractivity contribution is -0.158. The zero-order valence-corrected chi connectivity index (χ0v) is 12.1. The molecule has 1 aromatic rings. The van der Waals surface area contributed by atoms with Crippen LogP contribution < -0.4 is 0 Å². The molecule has 0 saturated carbocycles. The van der Waals surface area contributed by atoms with Crippen LogP contribution in [0.3, 0.4) is 0 Å². The van der Waals surface area contributed by atoms with E-state index in [1.54, 1.807) is 6.92 Å². The number of hydrogen-bond acceptors (Lipinski definition) is 4. The number of carbonyl (C=O) groups is 1. The van der Waals surface area contributed by atoms with Gasteiger partial charge in [0.1, 0.15) is 6.10 Å². The van der Waals surface area contributed by atoms with Crippen LogP contribution in [-0.2, 0) is 20.9 Å². The molecule has 0 aliphatic heterocycles. The van der Waals surface area contributed by atoms with Crippen LogP contribution in [0.2, 0.25) is 0 Å². The van der Waals surface area contributed by atoms with Crippen molar-refractivity contribution in [2.24, 2.45) is 0 Å².